The molecule has 0 N–H and O–H groups in total. The molecular formula is C17H23NS. The van der Waals surface area contributed by atoms with Crippen molar-refractivity contribution in [2.45, 2.75) is 51.9 Å². The molecule has 19 heavy (non-hydrogen) atoms. The van der Waals surface area contributed by atoms with Crippen LogP contribution in [0.25, 0.3) is 11.1 Å². The Morgan fingerprint density at radius 1 is 0.947 bits per heavy atom. The summed E-state index contributed by atoms with van der Waals surface area (Å²) < 4.78 is 0. The lowest BCUT2D eigenvalue weighted by atomic mass is 10.1. The highest BCUT2D eigenvalue weighted by Crippen LogP contribution is 2.21. The molecule has 0 fully saturated rings. The first-order chi connectivity index (χ1) is 9.40. The molecule has 0 bridgehead atoms. The predicted molar refractivity (Wildman–Crippen MR) is 84.6 cm³/mol. The summed E-state index contributed by atoms with van der Waals surface area (Å²) in [5.41, 5.74) is 3.74. The number of hydrogen-bond donors (Lipinski definition) is 0. The highest BCUT2D eigenvalue weighted by molar-refractivity contribution is 7.08. The van der Waals surface area contributed by atoms with Gasteiger partial charge in [-0.1, -0.05) is 45.1 Å². The summed E-state index contributed by atoms with van der Waals surface area (Å²) in [4.78, 5) is 4.57. The second-order valence-corrected chi connectivity index (χ2v) is 5.85. The molecule has 2 heteroatoms. The van der Waals surface area contributed by atoms with Crippen molar-refractivity contribution in [1.82, 2.24) is 4.98 Å². The quantitative estimate of drug-likeness (QED) is 0.561. The molecule has 0 aliphatic carbocycles. The third-order valence-corrected chi connectivity index (χ3v) is 4.15. The van der Waals surface area contributed by atoms with Gasteiger partial charge in [-0.3, -0.25) is 4.98 Å². The van der Waals surface area contributed by atoms with Gasteiger partial charge < -0.3 is 0 Å². The van der Waals surface area contributed by atoms with Gasteiger partial charge in [-0.2, -0.15) is 11.3 Å². The second-order valence-electron chi connectivity index (χ2n) is 5.07. The van der Waals surface area contributed by atoms with Crippen LogP contribution in [0.2, 0.25) is 0 Å². The van der Waals surface area contributed by atoms with E-state index in [1.54, 1.807) is 11.3 Å². The van der Waals surface area contributed by atoms with Crippen molar-refractivity contribution in [2.24, 2.45) is 0 Å². The van der Waals surface area contributed by atoms with Crippen LogP contribution < -0.4 is 0 Å². The molecule has 0 unspecified atom stereocenters. The molecule has 2 rings (SSSR count). The minimum Gasteiger partial charge on any atom is -0.261 e. The largest absolute Gasteiger partial charge is 0.261 e. The van der Waals surface area contributed by atoms with E-state index in [9.17, 15) is 0 Å². The topological polar surface area (TPSA) is 12.9 Å². The minimum atomic E-state index is 1.12. The highest BCUT2D eigenvalue weighted by atomic mass is 32.1. The number of rotatable bonds is 8. The molecule has 2 heterocycles. The smallest absolute Gasteiger partial charge is 0.0404 e. The number of pyridine rings is 1. The Labute approximate surface area is 120 Å². The lowest BCUT2D eigenvalue weighted by Gasteiger charge is -2.03. The molecule has 0 spiro atoms. The Balaban J connectivity index is 1.73. The predicted octanol–water partition coefficient (Wildman–Crippen LogP) is 5.71. The van der Waals surface area contributed by atoms with E-state index in [1.807, 2.05) is 6.20 Å². The summed E-state index contributed by atoms with van der Waals surface area (Å²) in [6.07, 6.45) is 11.2. The fourth-order valence-corrected chi connectivity index (χ4v) is 2.92. The van der Waals surface area contributed by atoms with Crippen molar-refractivity contribution in [3.05, 3.63) is 40.8 Å². The van der Waals surface area contributed by atoms with E-state index in [0.717, 1.165) is 6.42 Å². The molecule has 0 aromatic carbocycles. The Kier molecular flexibility index (Phi) is 6.09. The zero-order chi connectivity index (χ0) is 13.3. The number of hydrogen-bond acceptors (Lipinski definition) is 2. The van der Waals surface area contributed by atoms with Gasteiger partial charge in [-0.05, 0) is 41.3 Å². The minimum absolute atomic E-state index is 1.12. The average Bonchev–Trinajstić information content (AvgIpc) is 2.97. The van der Waals surface area contributed by atoms with E-state index in [-0.39, 0.29) is 0 Å². The third kappa shape index (κ3) is 4.79. The van der Waals surface area contributed by atoms with Crippen LogP contribution >= 0.6 is 11.3 Å². The van der Waals surface area contributed by atoms with Crippen LogP contribution in [0.15, 0.2) is 35.2 Å². The van der Waals surface area contributed by atoms with Gasteiger partial charge in [-0.15, -0.1) is 0 Å². The molecule has 1 nitrogen and oxygen atoms in total. The van der Waals surface area contributed by atoms with Crippen molar-refractivity contribution >= 4 is 11.3 Å². The Hall–Kier alpha value is -1.15. The monoisotopic (exact) mass is 273 g/mol. The summed E-state index contributed by atoms with van der Waals surface area (Å²) in [7, 11) is 0. The van der Waals surface area contributed by atoms with Gasteiger partial charge in [0.05, 0.1) is 0 Å². The van der Waals surface area contributed by atoms with Gasteiger partial charge in [0.1, 0.15) is 0 Å². The van der Waals surface area contributed by atoms with Gasteiger partial charge in [0, 0.05) is 17.5 Å². The number of nitrogens with zero attached hydrogens (tertiary/aromatic N) is 1. The van der Waals surface area contributed by atoms with E-state index >= 15 is 0 Å². The molecule has 0 radical (unpaired) electrons. The molecule has 0 aliphatic heterocycles. The van der Waals surface area contributed by atoms with E-state index in [1.165, 1.54) is 55.3 Å². The maximum Gasteiger partial charge on any atom is 0.0404 e. The second kappa shape index (κ2) is 8.11. The fraction of sp³-hybridized carbons (Fsp3) is 0.471. The van der Waals surface area contributed by atoms with E-state index in [2.05, 4.69) is 40.9 Å². The van der Waals surface area contributed by atoms with Gasteiger partial charge >= 0.3 is 0 Å². The normalized spacial score (nSPS) is 10.8. The molecule has 0 saturated carbocycles. The summed E-state index contributed by atoms with van der Waals surface area (Å²) in [5.74, 6) is 0. The molecule has 0 aliphatic rings. The van der Waals surface area contributed by atoms with Gasteiger partial charge in [0.15, 0.2) is 0 Å². The van der Waals surface area contributed by atoms with Crippen LogP contribution in [0.4, 0.5) is 0 Å². The number of thiophene rings is 1. The van der Waals surface area contributed by atoms with Gasteiger partial charge in [0.25, 0.3) is 0 Å². The maximum atomic E-state index is 4.57. The van der Waals surface area contributed by atoms with E-state index < -0.39 is 0 Å². The van der Waals surface area contributed by atoms with Crippen molar-refractivity contribution in [1.29, 1.82) is 0 Å². The summed E-state index contributed by atoms with van der Waals surface area (Å²) in [5, 5.41) is 4.28. The van der Waals surface area contributed by atoms with Crippen molar-refractivity contribution < 1.29 is 0 Å². The lowest BCUT2D eigenvalue weighted by Crippen LogP contribution is -1.90. The first-order valence-electron chi connectivity index (χ1n) is 7.37. The Morgan fingerprint density at radius 3 is 2.47 bits per heavy atom. The van der Waals surface area contributed by atoms with Crippen LogP contribution in [-0.4, -0.2) is 4.98 Å². The average molecular weight is 273 g/mol. The number of unbranched alkanes of at least 4 members (excludes halogenated alkanes) is 5. The number of aromatic nitrogens is 1. The van der Waals surface area contributed by atoms with Crippen LogP contribution in [-0.2, 0) is 6.42 Å². The molecule has 0 saturated heterocycles. The van der Waals surface area contributed by atoms with Crippen molar-refractivity contribution in [2.75, 3.05) is 0 Å². The summed E-state index contributed by atoms with van der Waals surface area (Å²) in [6, 6.07) is 6.52. The van der Waals surface area contributed by atoms with Crippen LogP contribution in [0, 0.1) is 0 Å². The van der Waals surface area contributed by atoms with Gasteiger partial charge in [0.2, 0.25) is 0 Å². The van der Waals surface area contributed by atoms with Crippen LogP contribution in [0.1, 0.15) is 51.1 Å². The maximum absolute atomic E-state index is 4.57. The van der Waals surface area contributed by atoms with E-state index in [4.69, 9.17) is 0 Å². The zero-order valence-corrected chi connectivity index (χ0v) is 12.6. The fourth-order valence-electron chi connectivity index (χ4n) is 2.26. The molecular weight excluding hydrogens is 250 g/mol. The van der Waals surface area contributed by atoms with Gasteiger partial charge in [-0.25, -0.2) is 0 Å². The number of aryl methyl sites for hydroxylation is 1. The zero-order valence-electron chi connectivity index (χ0n) is 11.8. The Morgan fingerprint density at radius 2 is 1.79 bits per heavy atom. The molecule has 2 aromatic rings. The summed E-state index contributed by atoms with van der Waals surface area (Å²) >= 11 is 1.73. The van der Waals surface area contributed by atoms with Crippen LogP contribution in [0.3, 0.4) is 0 Å². The van der Waals surface area contributed by atoms with Crippen LogP contribution in [0.5, 0.6) is 0 Å². The third-order valence-electron chi connectivity index (χ3n) is 3.47. The van der Waals surface area contributed by atoms with E-state index in [0.29, 0.717) is 0 Å². The SMILES string of the molecule is CCCCCCCCc1ccc(-c2ccsc2)cn1. The first-order valence-corrected chi connectivity index (χ1v) is 8.32. The molecule has 2 aromatic heterocycles. The first kappa shape index (κ1) is 14.3. The van der Waals surface area contributed by atoms with Crippen molar-refractivity contribution in [3.63, 3.8) is 0 Å². The van der Waals surface area contributed by atoms with Crippen molar-refractivity contribution in [3.8, 4) is 11.1 Å². The highest BCUT2D eigenvalue weighted by Gasteiger charge is 2.00. The summed E-state index contributed by atoms with van der Waals surface area (Å²) in [6.45, 7) is 2.26. The molecule has 0 atom stereocenters. The standard InChI is InChI=1S/C17H23NS/c1-2-3-4-5-6-7-8-17-10-9-15(13-18-17)16-11-12-19-14-16/h9-14H,2-8H2,1H3. The Bertz CT molecular complexity index is 445. The molecule has 102 valence electrons. The molecule has 0 amide bonds. The lowest BCUT2D eigenvalue weighted by molar-refractivity contribution is 0.605.